The highest BCUT2D eigenvalue weighted by Gasteiger charge is 2.23. The molecule has 2 aromatic rings. The van der Waals surface area contributed by atoms with Crippen LogP contribution in [0.3, 0.4) is 0 Å². The van der Waals surface area contributed by atoms with Crippen LogP contribution in [0.25, 0.3) is 0 Å². The standard InChI is InChI=1S/C16H15Cl2NO/c1-20-12-3-5-13-10(8-12)6-7-19-16(13)14-4-2-11(17)9-15(14)18/h2-5,8-9,16,19H,6-7H2,1H3. The summed E-state index contributed by atoms with van der Waals surface area (Å²) in [5.41, 5.74) is 3.61. The minimum Gasteiger partial charge on any atom is -0.497 e. The quantitative estimate of drug-likeness (QED) is 0.896. The molecule has 1 aliphatic rings. The van der Waals surface area contributed by atoms with Gasteiger partial charge in [0.15, 0.2) is 0 Å². The molecule has 1 unspecified atom stereocenters. The summed E-state index contributed by atoms with van der Waals surface area (Å²) in [5.74, 6) is 0.895. The molecule has 1 heterocycles. The molecule has 0 spiro atoms. The normalized spacial score (nSPS) is 17.6. The van der Waals surface area contributed by atoms with E-state index < -0.39 is 0 Å². The summed E-state index contributed by atoms with van der Waals surface area (Å²) in [5, 5.41) is 4.87. The molecular formula is C16H15Cl2NO. The first-order valence-electron chi connectivity index (χ1n) is 6.54. The van der Waals surface area contributed by atoms with Crippen molar-refractivity contribution in [3.8, 4) is 5.75 Å². The molecule has 0 aromatic heterocycles. The largest absolute Gasteiger partial charge is 0.497 e. The van der Waals surface area contributed by atoms with Crippen LogP contribution in [0, 0.1) is 0 Å². The summed E-state index contributed by atoms with van der Waals surface area (Å²) in [6.07, 6.45) is 0.994. The second-order valence-electron chi connectivity index (χ2n) is 4.87. The smallest absolute Gasteiger partial charge is 0.119 e. The predicted molar refractivity (Wildman–Crippen MR) is 83.0 cm³/mol. The van der Waals surface area contributed by atoms with Gasteiger partial charge in [0.2, 0.25) is 0 Å². The summed E-state index contributed by atoms with van der Waals surface area (Å²) in [7, 11) is 1.69. The maximum atomic E-state index is 6.34. The summed E-state index contributed by atoms with van der Waals surface area (Å²) in [4.78, 5) is 0. The Morgan fingerprint density at radius 3 is 2.65 bits per heavy atom. The Kier molecular flexibility index (Phi) is 3.88. The van der Waals surface area contributed by atoms with Crippen LogP contribution in [0.2, 0.25) is 10.0 Å². The number of benzene rings is 2. The van der Waals surface area contributed by atoms with Crippen LogP contribution >= 0.6 is 23.2 Å². The maximum Gasteiger partial charge on any atom is 0.119 e. The summed E-state index contributed by atoms with van der Waals surface area (Å²) >= 11 is 12.3. The molecule has 20 heavy (non-hydrogen) atoms. The number of methoxy groups -OCH3 is 1. The van der Waals surface area contributed by atoms with Gasteiger partial charge in [-0.25, -0.2) is 0 Å². The predicted octanol–water partition coefficient (Wildman–Crippen LogP) is 4.24. The minimum atomic E-state index is 0.106. The van der Waals surface area contributed by atoms with E-state index in [0.717, 1.165) is 24.3 Å². The molecule has 1 aliphatic heterocycles. The maximum absolute atomic E-state index is 6.34. The zero-order valence-electron chi connectivity index (χ0n) is 11.1. The number of ether oxygens (including phenoxy) is 1. The molecule has 1 N–H and O–H groups in total. The monoisotopic (exact) mass is 307 g/mol. The van der Waals surface area contributed by atoms with Gasteiger partial charge >= 0.3 is 0 Å². The number of hydrogen-bond acceptors (Lipinski definition) is 2. The van der Waals surface area contributed by atoms with Gasteiger partial charge in [0, 0.05) is 16.6 Å². The highest BCUT2D eigenvalue weighted by Crippen LogP contribution is 2.35. The second-order valence-corrected chi connectivity index (χ2v) is 5.71. The Morgan fingerprint density at radius 1 is 1.10 bits per heavy atom. The number of nitrogens with one attached hydrogen (secondary N) is 1. The molecule has 0 amide bonds. The van der Waals surface area contributed by atoms with Crippen molar-refractivity contribution in [3.05, 3.63) is 63.1 Å². The van der Waals surface area contributed by atoms with Crippen LogP contribution in [0.1, 0.15) is 22.7 Å². The van der Waals surface area contributed by atoms with Crippen LogP contribution in [-0.4, -0.2) is 13.7 Å². The van der Waals surface area contributed by atoms with E-state index in [1.54, 1.807) is 13.2 Å². The van der Waals surface area contributed by atoms with Gasteiger partial charge in [0.1, 0.15) is 5.75 Å². The Bertz CT molecular complexity index is 642. The van der Waals surface area contributed by atoms with Crippen molar-refractivity contribution in [2.45, 2.75) is 12.5 Å². The van der Waals surface area contributed by atoms with E-state index in [1.165, 1.54) is 11.1 Å². The fraction of sp³-hybridized carbons (Fsp3) is 0.250. The van der Waals surface area contributed by atoms with E-state index in [2.05, 4.69) is 17.4 Å². The average molecular weight is 308 g/mol. The molecule has 104 valence electrons. The molecule has 2 nitrogen and oxygen atoms in total. The fourth-order valence-electron chi connectivity index (χ4n) is 2.68. The van der Waals surface area contributed by atoms with E-state index in [-0.39, 0.29) is 6.04 Å². The average Bonchev–Trinajstić information content (AvgIpc) is 2.46. The molecule has 1 atom stereocenters. The second kappa shape index (κ2) is 5.65. The van der Waals surface area contributed by atoms with Crippen molar-refractivity contribution in [1.82, 2.24) is 5.32 Å². The van der Waals surface area contributed by atoms with Crippen molar-refractivity contribution in [1.29, 1.82) is 0 Å². The van der Waals surface area contributed by atoms with E-state index in [1.807, 2.05) is 18.2 Å². The highest BCUT2D eigenvalue weighted by atomic mass is 35.5. The molecule has 0 radical (unpaired) electrons. The molecule has 0 fully saturated rings. The SMILES string of the molecule is COc1ccc2c(c1)CCNC2c1ccc(Cl)cc1Cl. The van der Waals surface area contributed by atoms with Crippen LogP contribution < -0.4 is 10.1 Å². The van der Waals surface area contributed by atoms with Crippen LogP contribution in [0.15, 0.2) is 36.4 Å². The van der Waals surface area contributed by atoms with Gasteiger partial charge in [-0.15, -0.1) is 0 Å². The van der Waals surface area contributed by atoms with Crippen LogP contribution in [-0.2, 0) is 6.42 Å². The summed E-state index contributed by atoms with van der Waals surface area (Å²) in [6, 6.07) is 12.0. The molecule has 0 aliphatic carbocycles. The van der Waals surface area contributed by atoms with Crippen molar-refractivity contribution in [2.75, 3.05) is 13.7 Å². The summed E-state index contributed by atoms with van der Waals surface area (Å²) < 4.78 is 5.30. The lowest BCUT2D eigenvalue weighted by Gasteiger charge is -2.28. The third kappa shape index (κ3) is 2.51. The number of halogens is 2. The van der Waals surface area contributed by atoms with E-state index >= 15 is 0 Å². The van der Waals surface area contributed by atoms with Gasteiger partial charge in [-0.05, 0) is 47.4 Å². The zero-order chi connectivity index (χ0) is 14.1. The molecule has 0 saturated carbocycles. The Hall–Kier alpha value is -1.22. The van der Waals surface area contributed by atoms with Crippen LogP contribution in [0.4, 0.5) is 0 Å². The van der Waals surface area contributed by atoms with Gasteiger partial charge < -0.3 is 10.1 Å². The fourth-order valence-corrected chi connectivity index (χ4v) is 3.20. The van der Waals surface area contributed by atoms with Gasteiger partial charge in [-0.2, -0.15) is 0 Å². The molecule has 0 saturated heterocycles. The van der Waals surface area contributed by atoms with E-state index in [4.69, 9.17) is 27.9 Å². The van der Waals surface area contributed by atoms with Crippen LogP contribution in [0.5, 0.6) is 5.75 Å². The Balaban J connectivity index is 2.05. The molecule has 4 heteroatoms. The number of hydrogen-bond donors (Lipinski definition) is 1. The van der Waals surface area contributed by atoms with Crippen molar-refractivity contribution in [2.24, 2.45) is 0 Å². The third-order valence-corrected chi connectivity index (χ3v) is 4.24. The van der Waals surface area contributed by atoms with Crippen molar-refractivity contribution >= 4 is 23.2 Å². The minimum absolute atomic E-state index is 0.106. The van der Waals surface area contributed by atoms with E-state index in [9.17, 15) is 0 Å². The first-order chi connectivity index (χ1) is 9.69. The molecule has 2 aromatic carbocycles. The third-order valence-electron chi connectivity index (χ3n) is 3.68. The molecular weight excluding hydrogens is 293 g/mol. The molecule has 3 rings (SSSR count). The summed E-state index contributed by atoms with van der Waals surface area (Å²) in [6.45, 7) is 0.920. The lowest BCUT2D eigenvalue weighted by atomic mass is 9.89. The first-order valence-corrected chi connectivity index (χ1v) is 7.30. The highest BCUT2D eigenvalue weighted by molar-refractivity contribution is 6.35. The van der Waals surface area contributed by atoms with E-state index in [0.29, 0.717) is 10.0 Å². The lowest BCUT2D eigenvalue weighted by molar-refractivity contribution is 0.413. The number of fused-ring (bicyclic) bond motifs is 1. The van der Waals surface area contributed by atoms with Gasteiger partial charge in [0.05, 0.1) is 13.2 Å². The van der Waals surface area contributed by atoms with Gasteiger partial charge in [-0.3, -0.25) is 0 Å². The Labute approximate surface area is 128 Å². The Morgan fingerprint density at radius 2 is 1.90 bits per heavy atom. The van der Waals surface area contributed by atoms with Gasteiger partial charge in [0.25, 0.3) is 0 Å². The first kappa shape index (κ1) is 13.7. The van der Waals surface area contributed by atoms with Crippen molar-refractivity contribution in [3.63, 3.8) is 0 Å². The lowest BCUT2D eigenvalue weighted by Crippen LogP contribution is -2.30. The van der Waals surface area contributed by atoms with Gasteiger partial charge in [-0.1, -0.05) is 35.3 Å². The zero-order valence-corrected chi connectivity index (χ0v) is 12.6. The topological polar surface area (TPSA) is 21.3 Å². The molecule has 0 bridgehead atoms. The number of rotatable bonds is 2. The van der Waals surface area contributed by atoms with Crippen molar-refractivity contribution < 1.29 is 4.74 Å².